The third kappa shape index (κ3) is 6.75. The van der Waals surface area contributed by atoms with E-state index in [2.05, 4.69) is 77.7 Å². The standard InChI is InChI=1S/C19H29N5S.HI/c1-6-20-19(23(4)13-17-14-25-16(3)22-17)21-12-15(2)24(5)18-10-8-7-9-11-18;/h7-11,14-15H,6,12-13H2,1-5H3,(H,20,21);1H. The molecule has 1 N–H and O–H groups in total. The number of aromatic nitrogens is 1. The van der Waals surface area contributed by atoms with Gasteiger partial charge in [0.05, 0.1) is 23.8 Å². The van der Waals surface area contributed by atoms with Crippen molar-refractivity contribution >= 4 is 47.0 Å². The molecule has 0 aliphatic carbocycles. The Labute approximate surface area is 178 Å². The van der Waals surface area contributed by atoms with Crippen LogP contribution in [0.25, 0.3) is 0 Å². The number of rotatable bonds is 7. The van der Waals surface area contributed by atoms with E-state index in [4.69, 9.17) is 4.99 Å². The molecule has 0 aliphatic rings. The van der Waals surface area contributed by atoms with Crippen LogP contribution >= 0.6 is 35.3 Å². The molecule has 5 nitrogen and oxygen atoms in total. The molecule has 0 saturated carbocycles. The van der Waals surface area contributed by atoms with Crippen molar-refractivity contribution in [1.29, 1.82) is 0 Å². The van der Waals surface area contributed by atoms with Crippen molar-refractivity contribution in [2.24, 2.45) is 4.99 Å². The molecule has 144 valence electrons. The third-order valence-electron chi connectivity index (χ3n) is 4.09. The molecule has 2 rings (SSSR count). The largest absolute Gasteiger partial charge is 0.370 e. The molecule has 0 saturated heterocycles. The van der Waals surface area contributed by atoms with Gasteiger partial charge in [0.15, 0.2) is 5.96 Å². The lowest BCUT2D eigenvalue weighted by atomic mass is 10.2. The van der Waals surface area contributed by atoms with Crippen molar-refractivity contribution in [3.8, 4) is 0 Å². The zero-order chi connectivity index (χ0) is 18.2. The third-order valence-corrected chi connectivity index (χ3v) is 4.91. The molecule has 0 aliphatic heterocycles. The average Bonchev–Trinajstić information content (AvgIpc) is 3.03. The summed E-state index contributed by atoms with van der Waals surface area (Å²) in [6.07, 6.45) is 0. The molecule has 0 radical (unpaired) electrons. The number of benzene rings is 1. The van der Waals surface area contributed by atoms with Gasteiger partial charge in [0, 0.05) is 37.7 Å². The molecular formula is C19H30IN5S. The predicted molar refractivity (Wildman–Crippen MR) is 124 cm³/mol. The summed E-state index contributed by atoms with van der Waals surface area (Å²) in [5.41, 5.74) is 2.30. The fourth-order valence-corrected chi connectivity index (χ4v) is 3.13. The lowest BCUT2D eigenvalue weighted by Crippen LogP contribution is -2.40. The molecule has 7 heteroatoms. The molecule has 1 atom stereocenters. The fraction of sp³-hybridized carbons (Fsp3) is 0.474. The van der Waals surface area contributed by atoms with Crippen LogP contribution in [-0.2, 0) is 6.54 Å². The van der Waals surface area contributed by atoms with Gasteiger partial charge in [0.2, 0.25) is 0 Å². The highest BCUT2D eigenvalue weighted by atomic mass is 127. The number of nitrogens with one attached hydrogen (secondary N) is 1. The van der Waals surface area contributed by atoms with E-state index in [0.29, 0.717) is 6.04 Å². The SMILES string of the molecule is CCNC(=NCC(C)N(C)c1ccccc1)N(C)Cc1csc(C)n1.I. The number of para-hydroxylation sites is 1. The van der Waals surface area contributed by atoms with E-state index in [9.17, 15) is 0 Å². The van der Waals surface area contributed by atoms with Crippen LogP contribution in [0.2, 0.25) is 0 Å². The maximum atomic E-state index is 4.83. The Bertz CT molecular complexity index is 674. The van der Waals surface area contributed by atoms with Crippen molar-refractivity contribution < 1.29 is 0 Å². The highest BCUT2D eigenvalue weighted by Gasteiger charge is 2.12. The van der Waals surface area contributed by atoms with Crippen LogP contribution in [0.5, 0.6) is 0 Å². The molecule has 0 fully saturated rings. The van der Waals surface area contributed by atoms with Crippen LogP contribution in [0.4, 0.5) is 5.69 Å². The second kappa shape index (κ2) is 11.4. The summed E-state index contributed by atoms with van der Waals surface area (Å²) in [5.74, 6) is 0.918. The number of thiazole rings is 1. The van der Waals surface area contributed by atoms with Crippen LogP contribution in [0.1, 0.15) is 24.5 Å². The highest BCUT2D eigenvalue weighted by molar-refractivity contribution is 14.0. The first-order valence-corrected chi connectivity index (χ1v) is 9.57. The van der Waals surface area contributed by atoms with E-state index in [-0.39, 0.29) is 24.0 Å². The van der Waals surface area contributed by atoms with E-state index in [1.165, 1.54) is 5.69 Å². The Morgan fingerprint density at radius 2 is 1.96 bits per heavy atom. The molecule has 1 aromatic heterocycles. The molecule has 0 amide bonds. The first-order valence-electron chi connectivity index (χ1n) is 8.69. The topological polar surface area (TPSA) is 43.8 Å². The van der Waals surface area contributed by atoms with Crippen LogP contribution in [-0.4, -0.2) is 49.1 Å². The zero-order valence-corrected chi connectivity index (χ0v) is 19.4. The van der Waals surface area contributed by atoms with E-state index in [1.54, 1.807) is 11.3 Å². The van der Waals surface area contributed by atoms with Gasteiger partial charge in [-0.1, -0.05) is 18.2 Å². The number of halogens is 1. The first kappa shape index (κ1) is 22.7. The smallest absolute Gasteiger partial charge is 0.194 e. The quantitative estimate of drug-likeness (QED) is 0.365. The van der Waals surface area contributed by atoms with Crippen LogP contribution in [0.3, 0.4) is 0 Å². The summed E-state index contributed by atoms with van der Waals surface area (Å²) in [6.45, 7) is 8.67. The van der Waals surface area contributed by atoms with Crippen molar-refractivity contribution in [1.82, 2.24) is 15.2 Å². The van der Waals surface area contributed by atoms with Gasteiger partial charge in [-0.3, -0.25) is 4.99 Å². The van der Waals surface area contributed by atoms with E-state index in [0.717, 1.165) is 36.3 Å². The molecular weight excluding hydrogens is 457 g/mol. The number of hydrogen-bond donors (Lipinski definition) is 1. The van der Waals surface area contributed by atoms with Crippen LogP contribution in [0, 0.1) is 6.92 Å². The second-order valence-corrected chi connectivity index (χ2v) is 7.27. The maximum absolute atomic E-state index is 4.83. The Morgan fingerprint density at radius 1 is 1.27 bits per heavy atom. The number of aliphatic imine (C=N–C) groups is 1. The summed E-state index contributed by atoms with van der Waals surface area (Å²) >= 11 is 1.69. The minimum atomic E-state index is 0. The Balaban J connectivity index is 0.00000338. The maximum Gasteiger partial charge on any atom is 0.194 e. The summed E-state index contributed by atoms with van der Waals surface area (Å²) in [6, 6.07) is 10.7. The number of anilines is 1. The summed E-state index contributed by atoms with van der Waals surface area (Å²) < 4.78 is 0. The molecule has 1 heterocycles. The van der Waals surface area contributed by atoms with E-state index in [1.807, 2.05) is 13.0 Å². The highest BCUT2D eigenvalue weighted by Crippen LogP contribution is 2.14. The molecule has 1 aromatic carbocycles. The molecule has 2 aromatic rings. The monoisotopic (exact) mass is 487 g/mol. The van der Waals surface area contributed by atoms with Crippen molar-refractivity contribution in [2.75, 3.05) is 32.1 Å². The van der Waals surface area contributed by atoms with Gasteiger partial charge in [-0.15, -0.1) is 35.3 Å². The number of guanidine groups is 1. The number of likely N-dealkylation sites (N-methyl/N-ethyl adjacent to an activating group) is 1. The lowest BCUT2D eigenvalue weighted by Gasteiger charge is -2.27. The molecule has 0 spiro atoms. The van der Waals surface area contributed by atoms with Crippen LogP contribution in [0.15, 0.2) is 40.7 Å². The van der Waals surface area contributed by atoms with Crippen molar-refractivity contribution in [3.05, 3.63) is 46.4 Å². The van der Waals surface area contributed by atoms with E-state index >= 15 is 0 Å². The predicted octanol–water partition coefficient (Wildman–Crippen LogP) is 3.99. The van der Waals surface area contributed by atoms with Crippen LogP contribution < -0.4 is 10.2 Å². The Kier molecular flexibility index (Phi) is 9.93. The first-order chi connectivity index (χ1) is 12.0. The molecule has 26 heavy (non-hydrogen) atoms. The van der Waals surface area contributed by atoms with Gasteiger partial charge < -0.3 is 15.1 Å². The Morgan fingerprint density at radius 3 is 2.54 bits per heavy atom. The van der Waals surface area contributed by atoms with Gasteiger partial charge in [0.25, 0.3) is 0 Å². The summed E-state index contributed by atoms with van der Waals surface area (Å²) in [5, 5.41) is 6.59. The van der Waals surface area contributed by atoms with E-state index < -0.39 is 0 Å². The lowest BCUT2D eigenvalue weighted by molar-refractivity contribution is 0.469. The minimum absolute atomic E-state index is 0. The average molecular weight is 487 g/mol. The number of nitrogens with zero attached hydrogens (tertiary/aromatic N) is 4. The second-order valence-electron chi connectivity index (χ2n) is 6.20. The number of aryl methyl sites for hydroxylation is 1. The summed E-state index contributed by atoms with van der Waals surface area (Å²) in [7, 11) is 4.17. The Hall–Kier alpha value is -1.35. The van der Waals surface area contributed by atoms with Gasteiger partial charge in [-0.2, -0.15) is 0 Å². The fourth-order valence-electron chi connectivity index (χ4n) is 2.53. The summed E-state index contributed by atoms with van der Waals surface area (Å²) in [4.78, 5) is 13.8. The molecule has 1 unspecified atom stereocenters. The minimum Gasteiger partial charge on any atom is -0.370 e. The van der Waals surface area contributed by atoms with Gasteiger partial charge >= 0.3 is 0 Å². The zero-order valence-electron chi connectivity index (χ0n) is 16.3. The van der Waals surface area contributed by atoms with Gasteiger partial charge in [0.1, 0.15) is 0 Å². The van der Waals surface area contributed by atoms with Gasteiger partial charge in [-0.05, 0) is 32.9 Å². The van der Waals surface area contributed by atoms with Gasteiger partial charge in [-0.25, -0.2) is 4.98 Å². The molecule has 0 bridgehead atoms. The normalized spacial score (nSPS) is 12.3. The van der Waals surface area contributed by atoms with Crippen molar-refractivity contribution in [2.45, 2.75) is 33.4 Å². The van der Waals surface area contributed by atoms with Crippen molar-refractivity contribution in [3.63, 3.8) is 0 Å². The number of hydrogen-bond acceptors (Lipinski definition) is 4.